The molecule has 1 amide bonds. The number of esters is 1. The summed E-state index contributed by atoms with van der Waals surface area (Å²) in [4.78, 5) is 24.8. The van der Waals surface area contributed by atoms with E-state index in [4.69, 9.17) is 9.47 Å². The zero-order valence-electron chi connectivity index (χ0n) is 17.1. The van der Waals surface area contributed by atoms with E-state index in [1.165, 1.54) is 6.21 Å². The number of carbonyl (C=O) groups is 2. The Hall–Kier alpha value is -3.45. The van der Waals surface area contributed by atoms with Crippen LogP contribution in [0.2, 0.25) is 0 Å². The van der Waals surface area contributed by atoms with E-state index in [1.807, 2.05) is 19.9 Å². The van der Waals surface area contributed by atoms with Crippen LogP contribution in [0.4, 0.5) is 0 Å². The molecule has 3 aromatic carbocycles. The third kappa shape index (κ3) is 6.26. The number of nitrogens with one attached hydrogen (secondary N) is 1. The van der Waals surface area contributed by atoms with Gasteiger partial charge in [-0.3, -0.25) is 4.79 Å². The van der Waals surface area contributed by atoms with Crippen LogP contribution in [-0.2, 0) is 0 Å². The zero-order chi connectivity index (χ0) is 22.2. The van der Waals surface area contributed by atoms with E-state index in [0.717, 1.165) is 10.0 Å². The minimum absolute atomic E-state index is 0.315. The van der Waals surface area contributed by atoms with Crippen LogP contribution in [0, 0.1) is 6.92 Å². The number of hydrazone groups is 1. The Morgan fingerprint density at radius 3 is 2.52 bits per heavy atom. The lowest BCUT2D eigenvalue weighted by atomic mass is 10.1. The molecule has 0 heterocycles. The van der Waals surface area contributed by atoms with Gasteiger partial charge in [0.2, 0.25) is 0 Å². The molecule has 3 aromatic rings. The Bertz CT molecular complexity index is 1110. The molecular formula is C24H21BrN2O4. The number of rotatable bonds is 7. The summed E-state index contributed by atoms with van der Waals surface area (Å²) in [5.74, 6) is 0.155. The van der Waals surface area contributed by atoms with E-state index in [1.54, 1.807) is 60.7 Å². The number of ether oxygens (including phenoxy) is 2. The number of aryl methyl sites for hydroxylation is 1. The predicted octanol–water partition coefficient (Wildman–Crippen LogP) is 5.14. The summed E-state index contributed by atoms with van der Waals surface area (Å²) < 4.78 is 11.7. The molecule has 0 atom stereocenters. The molecule has 6 nitrogen and oxygen atoms in total. The molecule has 1 N–H and O–H groups in total. The summed E-state index contributed by atoms with van der Waals surface area (Å²) in [6.45, 7) is 4.35. The minimum Gasteiger partial charge on any atom is -0.494 e. The first kappa shape index (κ1) is 22.2. The molecule has 158 valence electrons. The van der Waals surface area contributed by atoms with Gasteiger partial charge >= 0.3 is 5.97 Å². The number of amides is 1. The number of hydrogen-bond donors (Lipinski definition) is 1. The first-order chi connectivity index (χ1) is 15.0. The summed E-state index contributed by atoms with van der Waals surface area (Å²) >= 11 is 3.39. The molecule has 0 bridgehead atoms. The first-order valence-corrected chi connectivity index (χ1v) is 10.4. The Kier molecular flexibility index (Phi) is 7.56. The second-order valence-electron chi connectivity index (χ2n) is 6.60. The Labute approximate surface area is 189 Å². The summed E-state index contributed by atoms with van der Waals surface area (Å²) in [6, 6.07) is 19.1. The highest BCUT2D eigenvalue weighted by atomic mass is 79.9. The van der Waals surface area contributed by atoms with Gasteiger partial charge in [0.15, 0.2) is 0 Å². The van der Waals surface area contributed by atoms with Gasteiger partial charge in [-0.2, -0.15) is 5.10 Å². The zero-order valence-corrected chi connectivity index (χ0v) is 18.7. The van der Waals surface area contributed by atoms with Gasteiger partial charge in [-0.15, -0.1) is 0 Å². The highest BCUT2D eigenvalue weighted by Crippen LogP contribution is 2.23. The highest BCUT2D eigenvalue weighted by molar-refractivity contribution is 9.10. The van der Waals surface area contributed by atoms with E-state index < -0.39 is 5.97 Å². The van der Waals surface area contributed by atoms with Gasteiger partial charge in [0.1, 0.15) is 11.5 Å². The number of benzene rings is 3. The van der Waals surface area contributed by atoms with Crippen LogP contribution in [0.5, 0.6) is 11.5 Å². The van der Waals surface area contributed by atoms with Crippen molar-refractivity contribution in [3.05, 3.63) is 93.5 Å². The van der Waals surface area contributed by atoms with Gasteiger partial charge in [0.05, 0.1) is 18.4 Å². The SMILES string of the molecule is CCOc1ccc(C(=O)Oc2ccc(Br)cc2C=NNC(=O)c2cccc(C)c2)cc1. The van der Waals surface area contributed by atoms with Crippen molar-refractivity contribution in [1.82, 2.24) is 5.43 Å². The number of carbonyl (C=O) groups excluding carboxylic acids is 2. The van der Waals surface area contributed by atoms with E-state index >= 15 is 0 Å². The van der Waals surface area contributed by atoms with Crippen molar-refractivity contribution in [3.63, 3.8) is 0 Å². The summed E-state index contributed by atoms with van der Waals surface area (Å²) in [5.41, 5.74) is 4.89. The number of nitrogens with zero attached hydrogens (tertiary/aromatic N) is 1. The van der Waals surface area contributed by atoms with Gasteiger partial charge < -0.3 is 9.47 Å². The van der Waals surface area contributed by atoms with Crippen molar-refractivity contribution in [2.24, 2.45) is 5.10 Å². The average molecular weight is 481 g/mol. The molecular weight excluding hydrogens is 460 g/mol. The van der Waals surface area contributed by atoms with Crippen molar-refractivity contribution in [2.45, 2.75) is 13.8 Å². The Morgan fingerprint density at radius 1 is 1.03 bits per heavy atom. The molecule has 7 heteroatoms. The molecule has 0 unspecified atom stereocenters. The summed E-state index contributed by atoms with van der Waals surface area (Å²) in [7, 11) is 0. The third-order valence-corrected chi connectivity index (χ3v) is 4.72. The molecule has 3 rings (SSSR count). The van der Waals surface area contributed by atoms with Crippen molar-refractivity contribution in [1.29, 1.82) is 0 Å². The van der Waals surface area contributed by atoms with Crippen LogP contribution in [0.1, 0.15) is 38.8 Å². The summed E-state index contributed by atoms with van der Waals surface area (Å²) in [5, 5.41) is 4.01. The largest absolute Gasteiger partial charge is 0.494 e. The minimum atomic E-state index is -0.510. The Morgan fingerprint density at radius 2 is 1.81 bits per heavy atom. The van der Waals surface area contributed by atoms with Gasteiger partial charge in [0.25, 0.3) is 5.91 Å². The second-order valence-corrected chi connectivity index (χ2v) is 7.51. The van der Waals surface area contributed by atoms with Crippen LogP contribution in [0.15, 0.2) is 76.3 Å². The third-order valence-electron chi connectivity index (χ3n) is 4.23. The molecule has 0 aliphatic heterocycles. The van der Waals surface area contributed by atoms with Crippen molar-refractivity contribution >= 4 is 34.0 Å². The van der Waals surface area contributed by atoms with Gasteiger partial charge in [-0.25, -0.2) is 10.2 Å². The quantitative estimate of drug-likeness (QED) is 0.220. The lowest BCUT2D eigenvalue weighted by Gasteiger charge is -2.09. The monoisotopic (exact) mass is 480 g/mol. The fourth-order valence-corrected chi connectivity index (χ4v) is 3.12. The van der Waals surface area contributed by atoms with Gasteiger partial charge in [0, 0.05) is 15.6 Å². The molecule has 0 aliphatic rings. The predicted molar refractivity (Wildman–Crippen MR) is 123 cm³/mol. The van der Waals surface area contributed by atoms with Gasteiger partial charge in [-0.05, 0) is 68.4 Å². The lowest BCUT2D eigenvalue weighted by molar-refractivity contribution is 0.0734. The van der Waals surface area contributed by atoms with E-state index in [0.29, 0.717) is 34.8 Å². The maximum Gasteiger partial charge on any atom is 0.343 e. The lowest BCUT2D eigenvalue weighted by Crippen LogP contribution is -2.17. The van der Waals surface area contributed by atoms with Crippen molar-refractivity contribution in [2.75, 3.05) is 6.61 Å². The van der Waals surface area contributed by atoms with E-state index in [2.05, 4.69) is 26.5 Å². The molecule has 0 radical (unpaired) electrons. The average Bonchev–Trinajstić information content (AvgIpc) is 2.76. The van der Waals surface area contributed by atoms with E-state index in [-0.39, 0.29) is 5.91 Å². The molecule has 0 spiro atoms. The van der Waals surface area contributed by atoms with Crippen LogP contribution in [0.25, 0.3) is 0 Å². The number of hydrogen-bond acceptors (Lipinski definition) is 5. The molecule has 31 heavy (non-hydrogen) atoms. The van der Waals surface area contributed by atoms with Gasteiger partial charge in [-0.1, -0.05) is 33.6 Å². The van der Waals surface area contributed by atoms with Crippen molar-refractivity contribution < 1.29 is 19.1 Å². The Balaban J connectivity index is 1.72. The van der Waals surface area contributed by atoms with Crippen LogP contribution < -0.4 is 14.9 Å². The maximum atomic E-state index is 12.5. The fraction of sp³-hybridized carbons (Fsp3) is 0.125. The second kappa shape index (κ2) is 10.5. The molecule has 0 aromatic heterocycles. The fourth-order valence-electron chi connectivity index (χ4n) is 2.74. The highest BCUT2D eigenvalue weighted by Gasteiger charge is 2.12. The number of halogens is 1. The van der Waals surface area contributed by atoms with E-state index in [9.17, 15) is 9.59 Å². The molecule has 0 aliphatic carbocycles. The smallest absolute Gasteiger partial charge is 0.343 e. The first-order valence-electron chi connectivity index (χ1n) is 9.61. The standard InChI is InChI=1S/C24H21BrN2O4/c1-3-30-21-10-7-17(8-11-21)24(29)31-22-12-9-20(25)14-19(22)15-26-27-23(28)18-6-4-5-16(2)13-18/h4-15H,3H2,1-2H3,(H,27,28). The molecule has 0 fully saturated rings. The maximum absolute atomic E-state index is 12.5. The molecule has 0 saturated heterocycles. The van der Waals surface area contributed by atoms with Crippen LogP contribution in [0.3, 0.4) is 0 Å². The molecule has 0 saturated carbocycles. The van der Waals surface area contributed by atoms with Crippen LogP contribution >= 0.6 is 15.9 Å². The van der Waals surface area contributed by atoms with Crippen LogP contribution in [-0.4, -0.2) is 24.7 Å². The normalized spacial score (nSPS) is 10.7. The topological polar surface area (TPSA) is 77.0 Å². The summed E-state index contributed by atoms with van der Waals surface area (Å²) in [6.07, 6.45) is 1.43. The van der Waals surface area contributed by atoms with Crippen molar-refractivity contribution in [3.8, 4) is 11.5 Å².